The van der Waals surface area contributed by atoms with Crippen molar-refractivity contribution < 1.29 is 19.1 Å². The lowest BCUT2D eigenvalue weighted by Gasteiger charge is -2.42. The number of nitrogen functional groups attached to an aromatic ring is 1. The Morgan fingerprint density at radius 3 is 2.37 bits per heavy atom. The summed E-state index contributed by atoms with van der Waals surface area (Å²) in [5.41, 5.74) is 22.0. The highest BCUT2D eigenvalue weighted by atomic mass is 32.2. The topological polar surface area (TPSA) is 178 Å². The average molecular weight is 679 g/mol. The van der Waals surface area contributed by atoms with Gasteiger partial charge in [-0.2, -0.15) is 5.26 Å². The molecule has 49 heavy (non-hydrogen) atoms. The summed E-state index contributed by atoms with van der Waals surface area (Å²) in [5, 5.41) is 12.2. The van der Waals surface area contributed by atoms with Crippen molar-refractivity contribution in [2.75, 3.05) is 18.8 Å². The van der Waals surface area contributed by atoms with Crippen molar-refractivity contribution in [2.24, 2.45) is 22.8 Å². The number of ketones is 1. The van der Waals surface area contributed by atoms with Gasteiger partial charge in [0.2, 0.25) is 5.91 Å². The van der Waals surface area contributed by atoms with Crippen LogP contribution >= 0.6 is 11.8 Å². The van der Waals surface area contributed by atoms with Crippen molar-refractivity contribution in [3.63, 3.8) is 0 Å². The molecule has 0 bridgehead atoms. The third kappa shape index (κ3) is 6.32. The number of ether oxygens (including phenoxy) is 1. The molecule has 1 saturated heterocycles. The molecule has 3 aliphatic rings. The zero-order chi connectivity index (χ0) is 35.2. The first-order chi connectivity index (χ1) is 23.2. The predicted octanol–water partition coefficient (Wildman–Crippen LogP) is 4.85. The second-order valence-corrected chi connectivity index (χ2v) is 15.4. The molecule has 4 unspecified atom stereocenters. The van der Waals surface area contributed by atoms with Crippen LogP contribution in [0.2, 0.25) is 0 Å². The Kier molecular flexibility index (Phi) is 9.09. The summed E-state index contributed by atoms with van der Waals surface area (Å²) in [6, 6.07) is 19.5. The van der Waals surface area contributed by atoms with E-state index in [9.17, 15) is 19.6 Å². The van der Waals surface area contributed by atoms with Crippen LogP contribution in [0.15, 0.2) is 77.2 Å². The summed E-state index contributed by atoms with van der Waals surface area (Å²) in [5.74, 6) is -0.391. The number of Topliss-reactive ketones (excluding diaryl/α,β-unsaturated/α-hetero) is 1. The van der Waals surface area contributed by atoms with E-state index in [1.54, 1.807) is 29.2 Å². The van der Waals surface area contributed by atoms with E-state index >= 15 is 0 Å². The van der Waals surface area contributed by atoms with Crippen molar-refractivity contribution in [1.29, 1.82) is 5.26 Å². The van der Waals surface area contributed by atoms with Gasteiger partial charge in [0.1, 0.15) is 28.7 Å². The van der Waals surface area contributed by atoms with E-state index in [4.69, 9.17) is 21.9 Å². The van der Waals surface area contributed by atoms with Crippen LogP contribution in [0.4, 0.5) is 5.69 Å². The predicted molar refractivity (Wildman–Crippen MR) is 189 cm³/mol. The van der Waals surface area contributed by atoms with Gasteiger partial charge in [-0.15, -0.1) is 0 Å². The van der Waals surface area contributed by atoms with Gasteiger partial charge in [-0.05, 0) is 77.8 Å². The Bertz CT molecular complexity index is 1890. The number of hydrogen-bond donors (Lipinski definition) is 4. The highest BCUT2D eigenvalue weighted by Gasteiger charge is 2.56. The lowest BCUT2D eigenvalue weighted by molar-refractivity contribution is -0.132. The normalized spacial score (nSPS) is 23.9. The van der Waals surface area contributed by atoms with Gasteiger partial charge in [-0.3, -0.25) is 14.4 Å². The fourth-order valence-corrected chi connectivity index (χ4v) is 8.67. The van der Waals surface area contributed by atoms with Gasteiger partial charge in [0.25, 0.3) is 5.91 Å². The Balaban J connectivity index is 1.22. The second-order valence-electron chi connectivity index (χ2n) is 14.2. The Hall–Kier alpha value is -4.63. The quantitative estimate of drug-likeness (QED) is 0.161. The number of anilines is 1. The third-order valence-corrected chi connectivity index (χ3v) is 11.0. The number of rotatable bonds is 6. The highest BCUT2D eigenvalue weighted by molar-refractivity contribution is 8.00. The molecule has 0 spiro atoms. The average Bonchev–Trinajstić information content (AvgIpc) is 3.45. The molecule has 6 rings (SSSR count). The van der Waals surface area contributed by atoms with Gasteiger partial charge < -0.3 is 32.2 Å². The number of nitriles is 1. The van der Waals surface area contributed by atoms with E-state index < -0.39 is 22.9 Å². The molecule has 254 valence electrons. The molecule has 1 aliphatic carbocycles. The number of carbonyl (C=O) groups excluding carboxylic acids is 3. The van der Waals surface area contributed by atoms with Crippen molar-refractivity contribution in [3.05, 3.63) is 94.6 Å². The highest BCUT2D eigenvalue weighted by Crippen LogP contribution is 2.56. The van der Waals surface area contributed by atoms with Crippen molar-refractivity contribution >= 4 is 35.0 Å². The molecule has 2 aliphatic heterocycles. The summed E-state index contributed by atoms with van der Waals surface area (Å²) >= 11 is 1.40. The Morgan fingerprint density at radius 2 is 1.73 bits per heavy atom. The summed E-state index contributed by atoms with van der Waals surface area (Å²) in [4.78, 5) is 43.4. The van der Waals surface area contributed by atoms with Crippen LogP contribution < -0.4 is 27.3 Å². The van der Waals surface area contributed by atoms with E-state index in [0.29, 0.717) is 54.2 Å². The zero-order valence-corrected chi connectivity index (χ0v) is 29.0. The molecule has 0 saturated carbocycles. The molecule has 10 nitrogen and oxygen atoms in total. The smallest absolute Gasteiger partial charge is 0.264 e. The maximum absolute atomic E-state index is 14.3. The molecule has 11 heteroatoms. The van der Waals surface area contributed by atoms with Crippen LogP contribution in [0.3, 0.4) is 0 Å². The fourth-order valence-electron chi connectivity index (χ4n) is 7.21. The molecular formula is C38H42N6O4S. The standard InChI is InChI=1S/C38H42N6O4S/c1-21-18-25(48-24-8-6-5-7-9-24)10-11-26(21)38(42)27-12-13-28(40)32-29(27)30(31(41)33(38)45)35(49-32)43-34(46)22-14-16-44(17-15-22)36(47)23(20-39)19-37(2,3)4/h5-13,18-19,22,30-31,35H,14-17,40-42H2,1-4H3,(H,43,46)/b23-19+. The van der Waals surface area contributed by atoms with Gasteiger partial charge >= 0.3 is 0 Å². The number of piperidine rings is 1. The number of benzene rings is 3. The number of amides is 2. The number of nitrogens with zero attached hydrogens (tertiary/aromatic N) is 2. The maximum atomic E-state index is 14.3. The van der Waals surface area contributed by atoms with E-state index in [1.165, 1.54) is 11.8 Å². The Labute approximate surface area is 291 Å². The van der Waals surface area contributed by atoms with Gasteiger partial charge in [-0.1, -0.05) is 68.9 Å². The molecule has 1 fully saturated rings. The number of thioether (sulfide) groups is 1. The molecule has 3 aromatic carbocycles. The van der Waals surface area contributed by atoms with Crippen LogP contribution in [0.25, 0.3) is 0 Å². The lowest BCUT2D eigenvalue weighted by atomic mass is 9.65. The summed E-state index contributed by atoms with van der Waals surface area (Å²) in [7, 11) is 0. The van der Waals surface area contributed by atoms with Crippen molar-refractivity contribution in [3.8, 4) is 17.6 Å². The van der Waals surface area contributed by atoms with Gasteiger partial charge in [0.15, 0.2) is 5.78 Å². The van der Waals surface area contributed by atoms with E-state index in [1.807, 2.05) is 76.2 Å². The van der Waals surface area contributed by atoms with E-state index in [-0.39, 0.29) is 34.5 Å². The van der Waals surface area contributed by atoms with E-state index in [2.05, 4.69) is 5.32 Å². The van der Waals surface area contributed by atoms with Crippen LogP contribution in [0, 0.1) is 29.6 Å². The minimum Gasteiger partial charge on any atom is -0.457 e. The minimum absolute atomic E-state index is 0.113. The monoisotopic (exact) mass is 678 g/mol. The maximum Gasteiger partial charge on any atom is 0.264 e. The molecule has 4 atom stereocenters. The van der Waals surface area contributed by atoms with Crippen LogP contribution in [0.5, 0.6) is 11.5 Å². The third-order valence-electron chi connectivity index (χ3n) is 9.60. The molecule has 2 heterocycles. The summed E-state index contributed by atoms with van der Waals surface area (Å²) < 4.78 is 6.02. The molecule has 3 aromatic rings. The summed E-state index contributed by atoms with van der Waals surface area (Å²) in [6.45, 7) is 8.42. The zero-order valence-electron chi connectivity index (χ0n) is 28.2. The molecule has 0 radical (unpaired) electrons. The van der Waals surface area contributed by atoms with Crippen LogP contribution in [0.1, 0.15) is 61.8 Å². The SMILES string of the molecule is Cc1cc(Oc2ccccc2)ccc1C1(N)C(=O)C(N)C2c3c1ccc(N)c3SC2NC(=O)C1CCN(C(=O)/C(C#N)=C/C(C)(C)C)CC1. The number of carbonyl (C=O) groups is 3. The number of nitrogens with one attached hydrogen (secondary N) is 1. The number of likely N-dealkylation sites (tertiary alicyclic amines) is 1. The molecule has 7 N–H and O–H groups in total. The summed E-state index contributed by atoms with van der Waals surface area (Å²) in [6.07, 6.45) is 2.59. The molecular weight excluding hydrogens is 637 g/mol. The first-order valence-electron chi connectivity index (χ1n) is 16.5. The van der Waals surface area contributed by atoms with Gasteiger partial charge in [0, 0.05) is 35.5 Å². The van der Waals surface area contributed by atoms with Crippen molar-refractivity contribution in [1.82, 2.24) is 10.2 Å². The Morgan fingerprint density at radius 1 is 1.06 bits per heavy atom. The number of aryl methyl sites for hydroxylation is 1. The number of nitrogens with two attached hydrogens (primary N) is 3. The van der Waals surface area contributed by atoms with Crippen LogP contribution in [-0.4, -0.2) is 47.0 Å². The van der Waals surface area contributed by atoms with Gasteiger partial charge in [-0.25, -0.2) is 0 Å². The van der Waals surface area contributed by atoms with Gasteiger partial charge in [0.05, 0.1) is 11.4 Å². The first-order valence-corrected chi connectivity index (χ1v) is 17.4. The number of allylic oxidation sites excluding steroid dienone is 1. The number of hydrogen-bond acceptors (Lipinski definition) is 9. The number of para-hydroxylation sites is 1. The fraction of sp³-hybridized carbons (Fsp3) is 0.368. The van der Waals surface area contributed by atoms with E-state index in [0.717, 1.165) is 16.0 Å². The van der Waals surface area contributed by atoms with Crippen molar-refractivity contribution in [2.45, 2.75) is 68.3 Å². The molecule has 2 amide bonds. The lowest BCUT2D eigenvalue weighted by Crippen LogP contribution is -2.61. The molecule has 0 aromatic heterocycles. The minimum atomic E-state index is -1.54. The largest absolute Gasteiger partial charge is 0.457 e. The first kappa shape index (κ1) is 34.2. The van der Waals surface area contributed by atoms with Crippen LogP contribution in [-0.2, 0) is 19.9 Å². The second kappa shape index (κ2) is 13.0.